The molecule has 4 heterocycles. The van der Waals surface area contributed by atoms with E-state index in [0.717, 1.165) is 29.3 Å². The van der Waals surface area contributed by atoms with Crippen molar-refractivity contribution in [1.82, 2.24) is 34.7 Å². The molecule has 170 valence electrons. The molecule has 32 heavy (non-hydrogen) atoms. The minimum absolute atomic E-state index is 0.0626. The maximum Gasteiger partial charge on any atom is 0.217 e. The van der Waals surface area contributed by atoms with Crippen molar-refractivity contribution in [2.24, 2.45) is 12.8 Å². The summed E-state index contributed by atoms with van der Waals surface area (Å²) in [4.78, 5) is 7.14. The number of ether oxygens (including phenoxy) is 1. The topological polar surface area (TPSA) is 99.9 Å². The second kappa shape index (κ2) is 7.98. The van der Waals surface area contributed by atoms with Crippen LogP contribution in [0.15, 0.2) is 18.2 Å². The van der Waals surface area contributed by atoms with E-state index in [4.69, 9.17) is 15.5 Å². The number of hydrogen-bond acceptors (Lipinski definition) is 7. The maximum absolute atomic E-state index is 14.2. The van der Waals surface area contributed by atoms with Crippen LogP contribution in [0.1, 0.15) is 49.4 Å². The molecule has 11 heteroatoms. The summed E-state index contributed by atoms with van der Waals surface area (Å²) in [5, 5.41) is 11.8. The van der Waals surface area contributed by atoms with E-state index in [1.807, 2.05) is 0 Å². The summed E-state index contributed by atoms with van der Waals surface area (Å²) in [6, 6.07) is 3.19. The van der Waals surface area contributed by atoms with Crippen molar-refractivity contribution in [1.29, 1.82) is 0 Å². The smallest absolute Gasteiger partial charge is 0.217 e. The van der Waals surface area contributed by atoms with Crippen molar-refractivity contribution in [3.63, 3.8) is 0 Å². The molecule has 2 aromatic heterocycles. The van der Waals surface area contributed by atoms with E-state index in [0.29, 0.717) is 31.9 Å². The number of rotatable bonds is 4. The summed E-state index contributed by atoms with van der Waals surface area (Å²) in [5.41, 5.74) is 8.66. The SMILES string of the molecule is CC(C)n1c(-c2nnnn2C)nc2c1CN([C@H]1CO[C@H](c3cc(F)ccc3F)[C@@H](N)C1)C2. The highest BCUT2D eigenvalue weighted by Gasteiger charge is 2.38. The number of imidazole rings is 1. The molecule has 0 aliphatic carbocycles. The molecule has 1 saturated heterocycles. The van der Waals surface area contributed by atoms with Gasteiger partial charge in [-0.2, -0.15) is 0 Å². The second-order valence-corrected chi connectivity index (χ2v) is 8.80. The number of fused-ring (bicyclic) bond motifs is 1. The van der Waals surface area contributed by atoms with Gasteiger partial charge in [-0.15, -0.1) is 5.10 Å². The van der Waals surface area contributed by atoms with E-state index >= 15 is 0 Å². The lowest BCUT2D eigenvalue weighted by Gasteiger charge is -2.38. The van der Waals surface area contributed by atoms with Crippen molar-refractivity contribution in [3.8, 4) is 11.6 Å². The number of halogens is 2. The predicted molar refractivity (Wildman–Crippen MR) is 111 cm³/mol. The Labute approximate surface area is 184 Å². The molecule has 0 saturated carbocycles. The zero-order chi connectivity index (χ0) is 22.6. The Balaban J connectivity index is 1.34. The summed E-state index contributed by atoms with van der Waals surface area (Å²) in [6.07, 6.45) is -0.0447. The largest absolute Gasteiger partial charge is 0.370 e. The number of nitrogens with zero attached hydrogens (tertiary/aromatic N) is 7. The molecule has 0 amide bonds. The number of aromatic nitrogens is 6. The van der Waals surface area contributed by atoms with Crippen LogP contribution < -0.4 is 5.73 Å². The highest BCUT2D eigenvalue weighted by Crippen LogP contribution is 2.36. The summed E-state index contributed by atoms with van der Waals surface area (Å²) in [5.74, 6) is 0.387. The maximum atomic E-state index is 14.2. The van der Waals surface area contributed by atoms with Gasteiger partial charge in [0.1, 0.15) is 17.7 Å². The van der Waals surface area contributed by atoms with Crippen LogP contribution in [0, 0.1) is 11.6 Å². The third-order valence-electron chi connectivity index (χ3n) is 6.32. The van der Waals surface area contributed by atoms with Crippen LogP contribution in [0.2, 0.25) is 0 Å². The van der Waals surface area contributed by atoms with Crippen LogP contribution in [0.5, 0.6) is 0 Å². The zero-order valence-electron chi connectivity index (χ0n) is 18.2. The number of hydrogen-bond donors (Lipinski definition) is 1. The average Bonchev–Trinajstić information content (AvgIpc) is 3.43. The molecule has 2 aliphatic rings. The molecule has 2 N–H and O–H groups in total. The molecule has 9 nitrogen and oxygen atoms in total. The Hall–Kier alpha value is -2.76. The number of tetrazole rings is 1. The number of nitrogens with two attached hydrogens (primary N) is 1. The number of aryl methyl sites for hydroxylation is 1. The van der Waals surface area contributed by atoms with Gasteiger partial charge >= 0.3 is 0 Å². The standard InChI is InChI=1S/C21H26F2N8O/c1-11(2)31-18-9-30(8-17(18)25-20(31)21-26-27-28-29(21)3)13-7-16(24)19(32-10-13)14-6-12(22)4-5-15(14)23/h4-6,11,13,16,19H,7-10,24H2,1-3H3/t13-,16+,19-/m1/s1. The fraction of sp³-hybridized carbons (Fsp3) is 0.524. The Morgan fingerprint density at radius 2 is 2.00 bits per heavy atom. The molecule has 3 aromatic rings. The van der Waals surface area contributed by atoms with Crippen LogP contribution in [0.4, 0.5) is 8.78 Å². The Kier molecular flexibility index (Phi) is 5.26. The molecular weight excluding hydrogens is 418 g/mol. The predicted octanol–water partition coefficient (Wildman–Crippen LogP) is 2.11. The first-order valence-corrected chi connectivity index (χ1v) is 10.7. The van der Waals surface area contributed by atoms with E-state index in [1.54, 1.807) is 11.7 Å². The van der Waals surface area contributed by atoms with E-state index in [2.05, 4.69) is 38.8 Å². The van der Waals surface area contributed by atoms with Gasteiger partial charge in [0.2, 0.25) is 5.82 Å². The highest BCUT2D eigenvalue weighted by molar-refractivity contribution is 5.47. The summed E-state index contributed by atoms with van der Waals surface area (Å²) in [6.45, 7) is 5.96. The van der Waals surface area contributed by atoms with Crippen molar-refractivity contribution >= 4 is 0 Å². The van der Waals surface area contributed by atoms with Crippen molar-refractivity contribution in [3.05, 3.63) is 46.8 Å². The molecule has 0 unspecified atom stereocenters. The van der Waals surface area contributed by atoms with Crippen molar-refractivity contribution < 1.29 is 13.5 Å². The van der Waals surface area contributed by atoms with E-state index in [9.17, 15) is 8.78 Å². The molecule has 0 spiro atoms. The molecule has 1 fully saturated rings. The number of benzene rings is 1. The molecule has 5 rings (SSSR count). The van der Waals surface area contributed by atoms with Crippen molar-refractivity contribution in [2.75, 3.05) is 6.61 Å². The van der Waals surface area contributed by atoms with E-state index in [1.165, 1.54) is 6.07 Å². The summed E-state index contributed by atoms with van der Waals surface area (Å²) >= 11 is 0. The molecule has 0 radical (unpaired) electrons. The van der Waals surface area contributed by atoms with Gasteiger partial charge in [0.05, 0.1) is 18.0 Å². The molecular formula is C21H26F2N8O. The quantitative estimate of drug-likeness (QED) is 0.658. The van der Waals surface area contributed by atoms with Gasteiger partial charge in [-0.25, -0.2) is 18.4 Å². The van der Waals surface area contributed by atoms with Crippen LogP contribution in [0.3, 0.4) is 0 Å². The average molecular weight is 444 g/mol. The van der Waals surface area contributed by atoms with E-state index < -0.39 is 23.8 Å². The molecule has 1 aromatic carbocycles. The van der Waals surface area contributed by atoms with Crippen LogP contribution in [0.25, 0.3) is 11.6 Å². The Bertz CT molecular complexity index is 1140. The third-order valence-corrected chi connectivity index (χ3v) is 6.32. The third kappa shape index (κ3) is 3.50. The van der Waals surface area contributed by atoms with Gasteiger partial charge in [-0.1, -0.05) is 0 Å². The normalized spacial score (nSPS) is 23.8. The minimum Gasteiger partial charge on any atom is -0.370 e. The first kappa shape index (κ1) is 21.1. The molecule has 2 aliphatic heterocycles. The van der Waals surface area contributed by atoms with Gasteiger partial charge < -0.3 is 15.0 Å². The Morgan fingerprint density at radius 3 is 2.69 bits per heavy atom. The Morgan fingerprint density at radius 1 is 1.19 bits per heavy atom. The lowest BCUT2D eigenvalue weighted by molar-refractivity contribution is -0.0535. The molecule has 3 atom stereocenters. The first-order chi connectivity index (χ1) is 15.3. The van der Waals surface area contributed by atoms with Gasteiger partial charge in [0, 0.05) is 43.8 Å². The van der Waals surface area contributed by atoms with Gasteiger partial charge in [0.25, 0.3) is 0 Å². The van der Waals surface area contributed by atoms with Crippen molar-refractivity contribution in [2.45, 2.75) is 57.6 Å². The summed E-state index contributed by atoms with van der Waals surface area (Å²) < 4.78 is 37.6. The lowest BCUT2D eigenvalue weighted by Crippen LogP contribution is -2.48. The fourth-order valence-corrected chi connectivity index (χ4v) is 4.79. The summed E-state index contributed by atoms with van der Waals surface area (Å²) in [7, 11) is 1.80. The van der Waals surface area contributed by atoms with E-state index in [-0.39, 0.29) is 17.6 Å². The zero-order valence-corrected chi connectivity index (χ0v) is 18.2. The lowest BCUT2D eigenvalue weighted by atomic mass is 9.93. The minimum atomic E-state index is -0.662. The van der Waals surface area contributed by atoms with Gasteiger partial charge in [-0.05, 0) is 48.9 Å². The highest BCUT2D eigenvalue weighted by atomic mass is 19.1. The van der Waals surface area contributed by atoms with Crippen LogP contribution in [-0.4, -0.2) is 53.3 Å². The monoisotopic (exact) mass is 444 g/mol. The second-order valence-electron chi connectivity index (χ2n) is 8.80. The van der Waals surface area contributed by atoms with Gasteiger partial charge in [-0.3, -0.25) is 4.90 Å². The van der Waals surface area contributed by atoms with Crippen LogP contribution in [-0.2, 0) is 24.9 Å². The van der Waals surface area contributed by atoms with Crippen LogP contribution >= 0.6 is 0 Å². The first-order valence-electron chi connectivity index (χ1n) is 10.7. The molecule has 0 bridgehead atoms. The fourth-order valence-electron chi connectivity index (χ4n) is 4.79. The van der Waals surface area contributed by atoms with Gasteiger partial charge in [0.15, 0.2) is 5.82 Å².